The number of benzene rings is 1. The van der Waals surface area contributed by atoms with Gasteiger partial charge in [0.2, 0.25) is 0 Å². The average Bonchev–Trinajstić information content (AvgIpc) is 2.73. The second kappa shape index (κ2) is 4.98. The molecule has 2 aliphatic carbocycles. The molecule has 15 heavy (non-hydrogen) atoms. The molecule has 1 unspecified atom stereocenters. The highest BCUT2D eigenvalue weighted by molar-refractivity contribution is 8.14. The molecule has 0 radical (unpaired) electrons. The van der Waals surface area contributed by atoms with E-state index in [0.29, 0.717) is 0 Å². The molecule has 1 N–H and O–H groups in total. The number of carbonyl (C=O) groups is 2. The predicted octanol–water partition coefficient (Wildman–Crippen LogP) is 2.41. The fraction of sp³-hybridized carbons (Fsp3) is 0.273. The van der Waals surface area contributed by atoms with Crippen LogP contribution in [0.4, 0.5) is 0 Å². The molecule has 0 saturated heterocycles. The molecule has 3 nitrogen and oxygen atoms in total. The third-order valence-corrected chi connectivity index (χ3v) is 2.69. The van der Waals surface area contributed by atoms with Crippen molar-refractivity contribution in [3.8, 4) is 11.1 Å². The summed E-state index contributed by atoms with van der Waals surface area (Å²) in [6, 6.07) is 8.48. The van der Waals surface area contributed by atoms with E-state index in [2.05, 4.69) is 24.3 Å². The van der Waals surface area contributed by atoms with Crippen molar-refractivity contribution in [3.63, 3.8) is 0 Å². The Morgan fingerprint density at radius 2 is 1.87 bits per heavy atom. The van der Waals surface area contributed by atoms with Gasteiger partial charge in [0.05, 0.1) is 0 Å². The molecule has 0 aromatic rings. The summed E-state index contributed by atoms with van der Waals surface area (Å²) in [7, 11) is 0. The second-order valence-electron chi connectivity index (χ2n) is 3.17. The minimum Gasteiger partial charge on any atom is -0.480 e. The van der Waals surface area contributed by atoms with Crippen molar-refractivity contribution in [2.45, 2.75) is 19.1 Å². The molecule has 0 saturated carbocycles. The number of hydrogen-bond donors (Lipinski definition) is 1. The lowest BCUT2D eigenvalue weighted by Gasteiger charge is -1.99. The summed E-state index contributed by atoms with van der Waals surface area (Å²) in [4.78, 5) is 20.3. The summed E-state index contributed by atoms with van der Waals surface area (Å²) in [5.74, 6) is -0.949. The second-order valence-corrected chi connectivity index (χ2v) is 4.69. The van der Waals surface area contributed by atoms with Crippen molar-refractivity contribution in [1.29, 1.82) is 0 Å². The molecule has 0 spiro atoms. The number of thioether (sulfide) groups is 1. The van der Waals surface area contributed by atoms with Crippen LogP contribution in [0.3, 0.4) is 0 Å². The van der Waals surface area contributed by atoms with Crippen LogP contribution in [0, 0.1) is 0 Å². The van der Waals surface area contributed by atoms with Gasteiger partial charge in [0.1, 0.15) is 5.25 Å². The number of fused-ring (bicyclic) bond motifs is 1. The fourth-order valence-electron chi connectivity index (χ4n) is 0.975. The lowest BCUT2D eigenvalue weighted by Crippen LogP contribution is -2.12. The van der Waals surface area contributed by atoms with Crippen molar-refractivity contribution in [3.05, 3.63) is 24.3 Å². The molecule has 80 valence electrons. The van der Waals surface area contributed by atoms with E-state index in [1.54, 1.807) is 0 Å². The zero-order chi connectivity index (χ0) is 11.4. The van der Waals surface area contributed by atoms with E-state index >= 15 is 0 Å². The van der Waals surface area contributed by atoms with Gasteiger partial charge in [-0.05, 0) is 24.1 Å². The Morgan fingerprint density at radius 3 is 2.00 bits per heavy atom. The Bertz CT molecular complexity index is 370. The lowest BCUT2D eigenvalue weighted by molar-refractivity contribution is -0.136. The Labute approximate surface area is 92.5 Å². The number of carboxylic acid groups (broad SMARTS) is 1. The SMILES string of the molecule is CC(=O)SC(C)C(=O)O.c1cc2cc-2c1. The summed E-state index contributed by atoms with van der Waals surface area (Å²) in [6.45, 7) is 2.83. The monoisotopic (exact) mass is 224 g/mol. The Morgan fingerprint density at radius 1 is 1.33 bits per heavy atom. The van der Waals surface area contributed by atoms with E-state index in [9.17, 15) is 9.59 Å². The topological polar surface area (TPSA) is 54.4 Å². The van der Waals surface area contributed by atoms with Crippen LogP contribution < -0.4 is 0 Å². The first-order valence-corrected chi connectivity index (χ1v) is 5.39. The number of carboxylic acids is 1. The van der Waals surface area contributed by atoms with Gasteiger partial charge in [-0.3, -0.25) is 9.59 Å². The number of hydrogen-bond acceptors (Lipinski definition) is 3. The number of carbonyl (C=O) groups excluding carboxylic acids is 1. The van der Waals surface area contributed by atoms with Crippen molar-refractivity contribution < 1.29 is 14.7 Å². The molecule has 0 bridgehead atoms. The summed E-state index contributed by atoms with van der Waals surface area (Å²) < 4.78 is 0. The van der Waals surface area contributed by atoms with Crippen LogP contribution in [-0.4, -0.2) is 21.4 Å². The molecule has 4 heteroatoms. The van der Waals surface area contributed by atoms with Gasteiger partial charge >= 0.3 is 5.97 Å². The highest BCUT2D eigenvalue weighted by Gasteiger charge is 2.12. The van der Waals surface area contributed by atoms with Crippen LogP contribution in [0.5, 0.6) is 0 Å². The molecule has 0 aromatic heterocycles. The van der Waals surface area contributed by atoms with Crippen molar-refractivity contribution in [1.82, 2.24) is 0 Å². The van der Waals surface area contributed by atoms with Gasteiger partial charge in [0.15, 0.2) is 5.12 Å². The van der Waals surface area contributed by atoms with E-state index in [-0.39, 0.29) is 5.12 Å². The molecule has 0 amide bonds. The molecular formula is C11H12O3S. The highest BCUT2D eigenvalue weighted by atomic mass is 32.2. The first-order valence-electron chi connectivity index (χ1n) is 4.51. The summed E-state index contributed by atoms with van der Waals surface area (Å²) in [5.41, 5.74) is 2.85. The summed E-state index contributed by atoms with van der Waals surface area (Å²) in [6.07, 6.45) is 0. The van der Waals surface area contributed by atoms with Crippen LogP contribution in [0.1, 0.15) is 13.8 Å². The van der Waals surface area contributed by atoms with Crippen molar-refractivity contribution in [2.24, 2.45) is 0 Å². The van der Waals surface area contributed by atoms with Gasteiger partial charge in [-0.25, -0.2) is 0 Å². The summed E-state index contributed by atoms with van der Waals surface area (Å²) >= 11 is 0.824. The lowest BCUT2D eigenvalue weighted by atomic mass is 10.5. The van der Waals surface area contributed by atoms with Gasteiger partial charge in [0.25, 0.3) is 0 Å². The van der Waals surface area contributed by atoms with Gasteiger partial charge in [0, 0.05) is 6.92 Å². The van der Waals surface area contributed by atoms with Crippen LogP contribution in [0.2, 0.25) is 0 Å². The zero-order valence-corrected chi connectivity index (χ0v) is 9.38. The molecule has 0 heterocycles. The van der Waals surface area contributed by atoms with Crippen LogP contribution in [0.15, 0.2) is 24.3 Å². The maximum atomic E-state index is 10.3. The van der Waals surface area contributed by atoms with E-state index in [0.717, 1.165) is 11.8 Å². The quantitative estimate of drug-likeness (QED) is 0.851. The first-order chi connectivity index (χ1) is 7.00. The molecule has 0 aromatic carbocycles. The standard InChI is InChI=1S/C6H4.C5H8O3S/c1-2-5-4-6(5)3-1;1-3(5(7)8)9-4(2)6/h1-4H;3H,1-2H3,(H,7,8). The van der Waals surface area contributed by atoms with E-state index in [1.165, 1.54) is 25.0 Å². The molecule has 0 aliphatic heterocycles. The van der Waals surface area contributed by atoms with Gasteiger partial charge in [-0.15, -0.1) is 0 Å². The average molecular weight is 224 g/mol. The van der Waals surface area contributed by atoms with Gasteiger partial charge < -0.3 is 5.11 Å². The first kappa shape index (κ1) is 11.8. The third kappa shape index (κ3) is 4.16. The zero-order valence-electron chi connectivity index (χ0n) is 8.56. The molecule has 1 atom stereocenters. The molecule has 2 aliphatic rings. The Balaban J connectivity index is 0.000000158. The summed E-state index contributed by atoms with van der Waals surface area (Å²) in [5, 5.41) is 7.47. The normalized spacial score (nSPS) is 12.1. The maximum Gasteiger partial charge on any atom is 0.316 e. The fourth-order valence-corrected chi connectivity index (χ4v) is 1.57. The van der Waals surface area contributed by atoms with E-state index in [4.69, 9.17) is 5.11 Å². The Kier molecular flexibility index (Phi) is 3.91. The smallest absolute Gasteiger partial charge is 0.316 e. The minimum absolute atomic E-state index is 0.162. The minimum atomic E-state index is -0.949. The van der Waals surface area contributed by atoms with Crippen molar-refractivity contribution in [2.75, 3.05) is 0 Å². The number of rotatable bonds is 2. The van der Waals surface area contributed by atoms with Gasteiger partial charge in [-0.2, -0.15) is 0 Å². The van der Waals surface area contributed by atoms with E-state index < -0.39 is 11.2 Å². The third-order valence-electron chi connectivity index (χ3n) is 1.80. The van der Waals surface area contributed by atoms with Crippen LogP contribution in [0.25, 0.3) is 11.1 Å². The van der Waals surface area contributed by atoms with Crippen LogP contribution >= 0.6 is 11.8 Å². The number of aliphatic carboxylic acids is 1. The molecular weight excluding hydrogens is 212 g/mol. The largest absolute Gasteiger partial charge is 0.480 e. The predicted molar refractivity (Wildman–Crippen MR) is 60.8 cm³/mol. The highest BCUT2D eigenvalue weighted by Crippen LogP contribution is 2.32. The molecule has 2 rings (SSSR count). The maximum absolute atomic E-state index is 10.3. The van der Waals surface area contributed by atoms with Crippen molar-refractivity contribution >= 4 is 22.8 Å². The molecule has 0 fully saturated rings. The van der Waals surface area contributed by atoms with Crippen LogP contribution in [-0.2, 0) is 9.59 Å². The Hall–Kier alpha value is -1.29. The van der Waals surface area contributed by atoms with E-state index in [1.807, 2.05) is 0 Å². The van der Waals surface area contributed by atoms with Gasteiger partial charge in [-0.1, -0.05) is 30.0 Å².